The van der Waals surface area contributed by atoms with Crippen LogP contribution in [0.5, 0.6) is 0 Å². The molecule has 1 aromatic rings. The van der Waals surface area contributed by atoms with Crippen molar-refractivity contribution in [2.45, 2.75) is 4.90 Å². The third-order valence-electron chi connectivity index (χ3n) is 1.72. The van der Waals surface area contributed by atoms with Crippen LogP contribution >= 0.6 is 0 Å². The van der Waals surface area contributed by atoms with Crippen LogP contribution in [0.15, 0.2) is 23.1 Å². The van der Waals surface area contributed by atoms with Gasteiger partial charge in [-0.2, -0.15) is 5.26 Å². The number of carbonyl (C=O) groups excluding carboxylic acids is 1. The SMILES string of the molecule is COC(=O)Nc1ccc(S(=O)O)c(C#N)c1. The molecule has 6 nitrogen and oxygen atoms in total. The molecule has 0 aromatic heterocycles. The molecule has 0 aliphatic carbocycles. The van der Waals surface area contributed by atoms with Crippen molar-refractivity contribution in [2.75, 3.05) is 12.4 Å². The summed E-state index contributed by atoms with van der Waals surface area (Å²) in [5.41, 5.74) is 0.340. The molecule has 2 N–H and O–H groups in total. The average Bonchev–Trinajstić information content (AvgIpc) is 2.28. The van der Waals surface area contributed by atoms with Crippen molar-refractivity contribution in [3.63, 3.8) is 0 Å². The lowest BCUT2D eigenvalue weighted by atomic mass is 10.2. The van der Waals surface area contributed by atoms with Crippen molar-refractivity contribution < 1.29 is 18.3 Å². The number of hydrogen-bond donors (Lipinski definition) is 2. The van der Waals surface area contributed by atoms with Gasteiger partial charge in [0.15, 0.2) is 11.1 Å². The standard InChI is InChI=1S/C9H8N2O4S/c1-15-9(12)11-7-2-3-8(16(13)14)6(4-7)5-10/h2-4H,1H3,(H,11,12)(H,13,14). The minimum Gasteiger partial charge on any atom is -0.453 e. The van der Waals surface area contributed by atoms with Crippen LogP contribution < -0.4 is 5.32 Å². The summed E-state index contributed by atoms with van der Waals surface area (Å²) in [4.78, 5) is 10.9. The van der Waals surface area contributed by atoms with E-state index in [4.69, 9.17) is 9.81 Å². The van der Waals surface area contributed by atoms with Crippen LogP contribution in [0.4, 0.5) is 10.5 Å². The fourth-order valence-electron chi connectivity index (χ4n) is 1.02. The molecule has 0 fully saturated rings. The minimum atomic E-state index is -2.23. The highest BCUT2D eigenvalue weighted by Gasteiger charge is 2.09. The highest BCUT2D eigenvalue weighted by Crippen LogP contribution is 2.17. The first kappa shape index (κ1) is 12.2. The number of anilines is 1. The number of hydrogen-bond acceptors (Lipinski definition) is 4. The zero-order valence-corrected chi connectivity index (χ0v) is 9.08. The summed E-state index contributed by atoms with van der Waals surface area (Å²) < 4.78 is 24.0. The highest BCUT2D eigenvalue weighted by atomic mass is 32.2. The van der Waals surface area contributed by atoms with Gasteiger partial charge in [0, 0.05) is 5.69 Å². The van der Waals surface area contributed by atoms with Gasteiger partial charge in [-0.3, -0.25) is 5.32 Å². The molecule has 0 spiro atoms. The Morgan fingerprint density at radius 1 is 1.62 bits per heavy atom. The van der Waals surface area contributed by atoms with Crippen LogP contribution in [0.2, 0.25) is 0 Å². The van der Waals surface area contributed by atoms with Crippen molar-refractivity contribution in [1.29, 1.82) is 5.26 Å². The lowest BCUT2D eigenvalue weighted by molar-refractivity contribution is 0.187. The normalized spacial score (nSPS) is 11.3. The van der Waals surface area contributed by atoms with Gasteiger partial charge in [-0.05, 0) is 18.2 Å². The predicted molar refractivity (Wildman–Crippen MR) is 56.2 cm³/mol. The first-order valence-corrected chi connectivity index (χ1v) is 5.19. The maximum absolute atomic E-state index is 10.9. The molecule has 84 valence electrons. The first-order valence-electron chi connectivity index (χ1n) is 4.08. The number of benzene rings is 1. The summed E-state index contributed by atoms with van der Waals surface area (Å²) in [5, 5.41) is 11.1. The molecule has 0 saturated heterocycles. The zero-order valence-electron chi connectivity index (χ0n) is 8.26. The van der Waals surface area contributed by atoms with Gasteiger partial charge in [0.1, 0.15) is 6.07 Å². The molecule has 1 unspecified atom stereocenters. The molecule has 1 aromatic carbocycles. The lowest BCUT2D eigenvalue weighted by Crippen LogP contribution is -2.11. The molecule has 0 saturated carbocycles. The Labute approximate surface area is 94.1 Å². The molecule has 1 amide bonds. The van der Waals surface area contributed by atoms with E-state index in [1.165, 1.54) is 25.3 Å². The van der Waals surface area contributed by atoms with Gasteiger partial charge in [0.2, 0.25) is 0 Å². The van der Waals surface area contributed by atoms with E-state index < -0.39 is 17.2 Å². The fourth-order valence-corrected chi connectivity index (χ4v) is 1.49. The van der Waals surface area contributed by atoms with Gasteiger partial charge in [0.25, 0.3) is 0 Å². The molecule has 0 radical (unpaired) electrons. The maximum Gasteiger partial charge on any atom is 0.411 e. The molecule has 1 atom stereocenters. The van der Waals surface area contributed by atoms with E-state index in [0.29, 0.717) is 5.69 Å². The Morgan fingerprint density at radius 3 is 2.81 bits per heavy atom. The Kier molecular flexibility index (Phi) is 3.99. The van der Waals surface area contributed by atoms with Crippen molar-refractivity contribution >= 4 is 22.9 Å². The van der Waals surface area contributed by atoms with Crippen LogP contribution in [0, 0.1) is 11.3 Å². The smallest absolute Gasteiger partial charge is 0.411 e. The van der Waals surface area contributed by atoms with Crippen LogP contribution in [0.25, 0.3) is 0 Å². The van der Waals surface area contributed by atoms with E-state index in [1.54, 1.807) is 6.07 Å². The summed E-state index contributed by atoms with van der Waals surface area (Å²) in [6, 6.07) is 5.75. The Bertz CT molecular complexity index is 481. The van der Waals surface area contributed by atoms with Crippen molar-refractivity contribution in [1.82, 2.24) is 0 Å². The number of nitriles is 1. The Balaban J connectivity index is 3.06. The van der Waals surface area contributed by atoms with E-state index in [2.05, 4.69) is 10.1 Å². The summed E-state index contributed by atoms with van der Waals surface area (Å²) in [6.45, 7) is 0. The lowest BCUT2D eigenvalue weighted by Gasteiger charge is -2.05. The Morgan fingerprint density at radius 2 is 2.31 bits per heavy atom. The molecule has 16 heavy (non-hydrogen) atoms. The van der Waals surface area contributed by atoms with Crippen LogP contribution in [0.3, 0.4) is 0 Å². The second-order valence-electron chi connectivity index (χ2n) is 2.69. The molecular weight excluding hydrogens is 232 g/mol. The maximum atomic E-state index is 10.9. The van der Waals surface area contributed by atoms with Crippen LogP contribution in [0.1, 0.15) is 5.56 Å². The quantitative estimate of drug-likeness (QED) is 0.759. The van der Waals surface area contributed by atoms with E-state index in [-0.39, 0.29) is 10.5 Å². The third kappa shape index (κ3) is 2.79. The monoisotopic (exact) mass is 240 g/mol. The molecular formula is C9H8N2O4S. The van der Waals surface area contributed by atoms with E-state index in [1.807, 2.05) is 0 Å². The molecule has 0 bridgehead atoms. The average molecular weight is 240 g/mol. The zero-order chi connectivity index (χ0) is 12.1. The number of carbonyl (C=O) groups is 1. The third-order valence-corrected chi connectivity index (χ3v) is 2.45. The fraction of sp³-hybridized carbons (Fsp3) is 0.111. The largest absolute Gasteiger partial charge is 0.453 e. The summed E-state index contributed by atoms with van der Waals surface area (Å²) in [6.07, 6.45) is -0.679. The number of rotatable bonds is 2. The number of ether oxygens (including phenoxy) is 1. The van der Waals surface area contributed by atoms with E-state index >= 15 is 0 Å². The van der Waals surface area contributed by atoms with Crippen molar-refractivity contribution in [3.8, 4) is 6.07 Å². The summed E-state index contributed by atoms with van der Waals surface area (Å²) in [5.74, 6) is 0. The van der Waals surface area contributed by atoms with Gasteiger partial charge in [-0.15, -0.1) is 0 Å². The Hall–Kier alpha value is -1.91. The second kappa shape index (κ2) is 5.25. The van der Waals surface area contributed by atoms with Gasteiger partial charge in [-0.1, -0.05) is 0 Å². The molecule has 0 aliphatic heterocycles. The molecule has 1 rings (SSSR count). The number of nitrogens with zero attached hydrogens (tertiary/aromatic N) is 1. The van der Waals surface area contributed by atoms with Crippen molar-refractivity contribution in [3.05, 3.63) is 23.8 Å². The second-order valence-corrected chi connectivity index (χ2v) is 3.63. The van der Waals surface area contributed by atoms with Crippen molar-refractivity contribution in [2.24, 2.45) is 0 Å². The summed E-state index contributed by atoms with van der Waals surface area (Å²) >= 11 is -2.23. The van der Waals surface area contributed by atoms with Crippen LogP contribution in [-0.2, 0) is 15.8 Å². The molecule has 0 aliphatic rings. The van der Waals surface area contributed by atoms with E-state index in [9.17, 15) is 9.00 Å². The predicted octanol–water partition coefficient (Wildman–Crippen LogP) is 1.32. The topological polar surface area (TPSA) is 99.4 Å². The number of methoxy groups -OCH3 is 1. The molecule has 0 heterocycles. The van der Waals surface area contributed by atoms with Gasteiger partial charge >= 0.3 is 6.09 Å². The van der Waals surface area contributed by atoms with E-state index in [0.717, 1.165) is 0 Å². The minimum absolute atomic E-state index is 0.00193. The van der Waals surface area contributed by atoms with Gasteiger partial charge in [0.05, 0.1) is 17.6 Å². The number of nitrogens with one attached hydrogen (secondary N) is 1. The molecule has 7 heteroatoms. The van der Waals surface area contributed by atoms with Gasteiger partial charge in [-0.25, -0.2) is 9.00 Å². The number of amides is 1. The van der Waals surface area contributed by atoms with Gasteiger partial charge < -0.3 is 9.29 Å². The van der Waals surface area contributed by atoms with Crippen LogP contribution in [-0.4, -0.2) is 22.0 Å². The first-order chi connectivity index (χ1) is 7.58. The summed E-state index contributed by atoms with van der Waals surface area (Å²) in [7, 11) is 1.21. The highest BCUT2D eigenvalue weighted by molar-refractivity contribution is 7.79.